The number of likely N-dealkylation sites (tertiary alicyclic amines) is 1. The van der Waals surface area contributed by atoms with Gasteiger partial charge in [-0.1, -0.05) is 61.5 Å². The second-order valence-corrected chi connectivity index (χ2v) is 11.0. The number of allylic oxidation sites excluding steroid dienone is 2. The molecule has 6 nitrogen and oxygen atoms in total. The lowest BCUT2D eigenvalue weighted by molar-refractivity contribution is 0.0932. The Morgan fingerprint density at radius 2 is 1.45 bits per heavy atom. The Bertz CT molecular complexity index is 1190. The summed E-state index contributed by atoms with van der Waals surface area (Å²) in [5, 5.41) is 0. The highest BCUT2D eigenvalue weighted by Crippen LogP contribution is 2.35. The standard InChI is InChI=1S/C26H30N2O4S/c1-18(2)28(17-20-9-5-4-6-10-20)33(31,32)26-23(27-15-13-19(3)14-16-27)24(29)21-11-7-8-12-22(21)25(26)30/h4-12,18-19H,13-17H2,1-3H3. The van der Waals surface area contributed by atoms with Gasteiger partial charge in [-0.2, -0.15) is 4.31 Å². The molecule has 0 spiro atoms. The second-order valence-electron chi connectivity index (χ2n) is 9.18. The van der Waals surface area contributed by atoms with Crippen LogP contribution in [-0.4, -0.2) is 48.3 Å². The molecule has 174 valence electrons. The molecular weight excluding hydrogens is 436 g/mol. The van der Waals surface area contributed by atoms with Crippen molar-refractivity contribution in [3.8, 4) is 0 Å². The minimum atomic E-state index is -4.26. The third-order valence-corrected chi connectivity index (χ3v) is 8.54. The maximum atomic E-state index is 14.1. The SMILES string of the molecule is CC1CCN(C2=C(S(=O)(=O)N(Cc3ccccc3)C(C)C)C(=O)c3ccccc3C2=O)CC1. The van der Waals surface area contributed by atoms with E-state index >= 15 is 0 Å². The Morgan fingerprint density at radius 3 is 2.03 bits per heavy atom. The predicted octanol–water partition coefficient (Wildman–Crippen LogP) is 4.25. The number of carbonyl (C=O) groups is 2. The summed E-state index contributed by atoms with van der Waals surface area (Å²) < 4.78 is 29.5. The molecule has 0 aromatic heterocycles. The first-order valence-corrected chi connectivity index (χ1v) is 12.9. The van der Waals surface area contributed by atoms with Crippen LogP contribution in [0.15, 0.2) is 65.2 Å². The molecule has 1 fully saturated rings. The van der Waals surface area contributed by atoms with E-state index in [2.05, 4.69) is 6.92 Å². The largest absolute Gasteiger partial charge is 0.367 e. The van der Waals surface area contributed by atoms with Gasteiger partial charge in [0.15, 0.2) is 4.91 Å². The van der Waals surface area contributed by atoms with E-state index in [1.165, 1.54) is 10.4 Å². The van der Waals surface area contributed by atoms with Crippen molar-refractivity contribution in [2.45, 2.75) is 46.2 Å². The number of nitrogens with zero attached hydrogens (tertiary/aromatic N) is 2. The van der Waals surface area contributed by atoms with Crippen LogP contribution < -0.4 is 0 Å². The zero-order valence-corrected chi connectivity index (χ0v) is 20.1. The number of ketones is 2. The first-order valence-electron chi connectivity index (χ1n) is 11.4. The Morgan fingerprint density at radius 1 is 0.909 bits per heavy atom. The fourth-order valence-corrected chi connectivity index (χ4v) is 6.44. The number of rotatable bonds is 6. The van der Waals surface area contributed by atoms with Crippen LogP contribution in [0.1, 0.15) is 59.9 Å². The first kappa shape index (κ1) is 23.4. The summed E-state index contributed by atoms with van der Waals surface area (Å²) in [6, 6.07) is 15.4. The molecule has 1 aliphatic heterocycles. The van der Waals surface area contributed by atoms with E-state index in [0.717, 1.165) is 18.4 Å². The van der Waals surface area contributed by atoms with Crippen LogP contribution in [0.25, 0.3) is 0 Å². The van der Waals surface area contributed by atoms with Crippen molar-refractivity contribution in [2.75, 3.05) is 13.1 Å². The average Bonchev–Trinajstić information content (AvgIpc) is 2.80. The number of piperidine rings is 1. The Balaban J connectivity index is 1.87. The van der Waals surface area contributed by atoms with Crippen molar-refractivity contribution in [3.63, 3.8) is 0 Å². The third-order valence-electron chi connectivity index (χ3n) is 6.48. The Labute approximate surface area is 195 Å². The van der Waals surface area contributed by atoms with E-state index in [-0.39, 0.29) is 34.1 Å². The van der Waals surface area contributed by atoms with E-state index in [9.17, 15) is 18.0 Å². The number of Topliss-reactive ketones (excluding diaryl/α,β-unsaturated/α-hetero) is 2. The van der Waals surface area contributed by atoms with Crippen molar-refractivity contribution >= 4 is 21.6 Å². The fourth-order valence-electron chi connectivity index (χ4n) is 4.52. The number of hydrogen-bond donors (Lipinski definition) is 0. The molecular formula is C26H30N2O4S. The van der Waals surface area contributed by atoms with Gasteiger partial charge < -0.3 is 4.90 Å². The van der Waals surface area contributed by atoms with Crippen LogP contribution in [-0.2, 0) is 16.6 Å². The molecule has 4 rings (SSSR count). The molecule has 0 radical (unpaired) electrons. The molecule has 2 aromatic rings. The lowest BCUT2D eigenvalue weighted by Crippen LogP contribution is -2.45. The molecule has 0 N–H and O–H groups in total. The van der Waals surface area contributed by atoms with E-state index in [4.69, 9.17) is 0 Å². The molecule has 1 aliphatic carbocycles. The molecule has 0 saturated carbocycles. The number of sulfonamides is 1. The van der Waals surface area contributed by atoms with Crippen molar-refractivity contribution in [1.29, 1.82) is 0 Å². The normalized spacial score (nSPS) is 17.8. The second kappa shape index (κ2) is 9.23. The van der Waals surface area contributed by atoms with Crippen LogP contribution in [0, 0.1) is 5.92 Å². The van der Waals surface area contributed by atoms with Crippen LogP contribution in [0.2, 0.25) is 0 Å². The van der Waals surface area contributed by atoms with Gasteiger partial charge in [-0.25, -0.2) is 8.42 Å². The first-order chi connectivity index (χ1) is 15.7. The van der Waals surface area contributed by atoms with Crippen molar-refractivity contribution in [2.24, 2.45) is 5.92 Å². The van der Waals surface area contributed by atoms with Crippen LogP contribution in [0.5, 0.6) is 0 Å². The zero-order valence-electron chi connectivity index (χ0n) is 19.3. The van der Waals surface area contributed by atoms with Crippen LogP contribution in [0.4, 0.5) is 0 Å². The maximum absolute atomic E-state index is 14.1. The number of hydrogen-bond acceptors (Lipinski definition) is 5. The Hall–Kier alpha value is -2.77. The van der Waals surface area contributed by atoms with Gasteiger partial charge in [0.2, 0.25) is 21.6 Å². The van der Waals surface area contributed by atoms with E-state index in [1.54, 1.807) is 32.0 Å². The summed E-state index contributed by atoms with van der Waals surface area (Å²) >= 11 is 0. The predicted molar refractivity (Wildman–Crippen MR) is 128 cm³/mol. The smallest absolute Gasteiger partial charge is 0.249 e. The zero-order chi connectivity index (χ0) is 23.8. The topological polar surface area (TPSA) is 74.8 Å². The molecule has 2 aromatic carbocycles. The summed E-state index contributed by atoms with van der Waals surface area (Å²) in [6.07, 6.45) is 1.69. The highest BCUT2D eigenvalue weighted by Gasteiger charge is 2.44. The minimum absolute atomic E-state index is 0.0318. The van der Waals surface area contributed by atoms with Gasteiger partial charge in [0.25, 0.3) is 0 Å². The molecule has 33 heavy (non-hydrogen) atoms. The van der Waals surface area contributed by atoms with Gasteiger partial charge in [-0.05, 0) is 38.2 Å². The molecule has 0 unspecified atom stereocenters. The number of fused-ring (bicyclic) bond motifs is 1. The van der Waals surface area contributed by atoms with Crippen molar-refractivity contribution < 1.29 is 18.0 Å². The van der Waals surface area contributed by atoms with Gasteiger partial charge in [-0.15, -0.1) is 0 Å². The van der Waals surface area contributed by atoms with Gasteiger partial charge in [0.05, 0.1) is 0 Å². The van der Waals surface area contributed by atoms with E-state index in [0.29, 0.717) is 19.0 Å². The summed E-state index contributed by atoms with van der Waals surface area (Å²) in [5.74, 6) is -0.492. The molecule has 0 amide bonds. The highest BCUT2D eigenvalue weighted by atomic mass is 32.2. The lowest BCUT2D eigenvalue weighted by Gasteiger charge is -2.37. The molecule has 0 bridgehead atoms. The van der Waals surface area contributed by atoms with Gasteiger partial charge >= 0.3 is 0 Å². The Kier molecular flexibility index (Phi) is 6.54. The summed E-state index contributed by atoms with van der Waals surface area (Å²) in [7, 11) is -4.26. The molecule has 7 heteroatoms. The third kappa shape index (κ3) is 4.39. The number of carbonyl (C=O) groups excluding carboxylic acids is 2. The minimum Gasteiger partial charge on any atom is -0.367 e. The fraction of sp³-hybridized carbons (Fsp3) is 0.385. The monoisotopic (exact) mass is 466 g/mol. The molecule has 0 atom stereocenters. The number of benzene rings is 2. The maximum Gasteiger partial charge on any atom is 0.249 e. The van der Waals surface area contributed by atoms with E-state index in [1.807, 2.05) is 35.2 Å². The molecule has 1 heterocycles. The van der Waals surface area contributed by atoms with Crippen molar-refractivity contribution in [1.82, 2.24) is 9.21 Å². The summed E-state index contributed by atoms with van der Waals surface area (Å²) in [5.41, 5.74) is 1.27. The summed E-state index contributed by atoms with van der Waals surface area (Å²) in [6.45, 7) is 6.94. The molecule has 2 aliphatic rings. The van der Waals surface area contributed by atoms with Crippen LogP contribution >= 0.6 is 0 Å². The highest BCUT2D eigenvalue weighted by molar-refractivity contribution is 7.94. The summed E-state index contributed by atoms with van der Waals surface area (Å²) in [4.78, 5) is 28.7. The van der Waals surface area contributed by atoms with Gasteiger partial charge in [0.1, 0.15) is 5.70 Å². The molecule has 1 saturated heterocycles. The van der Waals surface area contributed by atoms with Crippen molar-refractivity contribution in [3.05, 3.63) is 81.9 Å². The van der Waals surface area contributed by atoms with E-state index < -0.39 is 21.8 Å². The lowest BCUT2D eigenvalue weighted by atomic mass is 9.90. The van der Waals surface area contributed by atoms with Crippen LogP contribution in [0.3, 0.4) is 0 Å². The van der Waals surface area contributed by atoms with Gasteiger partial charge in [0, 0.05) is 36.8 Å². The average molecular weight is 467 g/mol. The van der Waals surface area contributed by atoms with Gasteiger partial charge in [-0.3, -0.25) is 9.59 Å². The quantitative estimate of drug-likeness (QED) is 0.636.